The Balaban J connectivity index is 1.72. The highest BCUT2D eigenvalue weighted by atomic mass is 16.5. The first-order valence-electron chi connectivity index (χ1n) is 9.06. The fourth-order valence-corrected chi connectivity index (χ4v) is 5.57. The second-order valence-corrected chi connectivity index (χ2v) is 7.77. The van der Waals surface area contributed by atoms with Crippen molar-refractivity contribution in [2.75, 3.05) is 13.7 Å². The van der Waals surface area contributed by atoms with Crippen LogP contribution < -0.4 is 4.74 Å². The highest BCUT2D eigenvalue weighted by molar-refractivity contribution is 5.97. The van der Waals surface area contributed by atoms with E-state index in [1.165, 1.54) is 7.11 Å². The third kappa shape index (κ3) is 2.26. The van der Waals surface area contributed by atoms with Crippen molar-refractivity contribution in [3.05, 3.63) is 23.9 Å². The third-order valence-electron chi connectivity index (χ3n) is 6.49. The van der Waals surface area contributed by atoms with Crippen molar-refractivity contribution in [2.45, 2.75) is 57.7 Å². The average Bonchev–Trinajstić information content (AvgIpc) is 2.90. The Labute approximate surface area is 148 Å². The van der Waals surface area contributed by atoms with Crippen LogP contribution in [0, 0.1) is 5.41 Å². The number of ether oxygens (including phenoxy) is 1. The molecule has 1 aliphatic carbocycles. The number of methoxy groups -OCH3 is 1. The topological polar surface area (TPSA) is 62.7 Å². The van der Waals surface area contributed by atoms with Crippen LogP contribution in [0.5, 0.6) is 5.88 Å². The van der Waals surface area contributed by atoms with Crippen LogP contribution >= 0.6 is 0 Å². The number of aromatic nitrogens is 1. The number of nitrogens with zero attached hydrogens (tertiary/aromatic N) is 3. The first-order valence-corrected chi connectivity index (χ1v) is 9.06. The average molecular weight is 343 g/mol. The number of fused-ring (bicyclic) bond motifs is 1. The fraction of sp³-hybridized carbons (Fsp3) is 0.632. The summed E-state index contributed by atoms with van der Waals surface area (Å²) in [6, 6.07) is 4.08. The Hall–Kier alpha value is -2.11. The number of hydrogen-bond donors (Lipinski definition) is 0. The Morgan fingerprint density at radius 1 is 1.32 bits per heavy atom. The number of carbonyl (C=O) groups is 2. The summed E-state index contributed by atoms with van der Waals surface area (Å²) < 4.78 is 5.29. The maximum absolute atomic E-state index is 13.3. The molecule has 1 aromatic heterocycles. The minimum absolute atomic E-state index is 0.0159. The molecule has 4 rings (SSSR count). The second kappa shape index (κ2) is 5.71. The van der Waals surface area contributed by atoms with Crippen LogP contribution in [0.15, 0.2) is 18.3 Å². The molecule has 6 nitrogen and oxygen atoms in total. The van der Waals surface area contributed by atoms with Crippen molar-refractivity contribution in [1.29, 1.82) is 0 Å². The van der Waals surface area contributed by atoms with E-state index >= 15 is 0 Å². The summed E-state index contributed by atoms with van der Waals surface area (Å²) in [5.41, 5.74) is 0.490. The molecule has 0 aromatic carbocycles. The monoisotopic (exact) mass is 343 g/mol. The number of carbonyl (C=O) groups excluding carboxylic acids is 2. The van der Waals surface area contributed by atoms with Gasteiger partial charge in [-0.25, -0.2) is 4.98 Å². The van der Waals surface area contributed by atoms with Crippen molar-refractivity contribution in [2.24, 2.45) is 5.41 Å². The van der Waals surface area contributed by atoms with Gasteiger partial charge < -0.3 is 14.5 Å². The zero-order valence-electron chi connectivity index (χ0n) is 15.1. The van der Waals surface area contributed by atoms with Gasteiger partial charge in [0.05, 0.1) is 13.2 Å². The van der Waals surface area contributed by atoms with Crippen molar-refractivity contribution in [1.82, 2.24) is 14.8 Å². The van der Waals surface area contributed by atoms with Gasteiger partial charge in [0.2, 0.25) is 11.8 Å². The molecule has 3 aliphatic rings. The van der Waals surface area contributed by atoms with E-state index in [-0.39, 0.29) is 35.4 Å². The second-order valence-electron chi connectivity index (χ2n) is 7.77. The van der Waals surface area contributed by atoms with Crippen molar-refractivity contribution >= 4 is 11.8 Å². The first kappa shape index (κ1) is 16.4. The van der Waals surface area contributed by atoms with Gasteiger partial charge >= 0.3 is 0 Å². The third-order valence-corrected chi connectivity index (χ3v) is 6.49. The van der Waals surface area contributed by atoms with Crippen LogP contribution in [0.4, 0.5) is 0 Å². The minimum Gasteiger partial charge on any atom is -0.480 e. The van der Waals surface area contributed by atoms with Gasteiger partial charge in [-0.1, -0.05) is 6.92 Å². The van der Waals surface area contributed by atoms with Crippen molar-refractivity contribution in [3.63, 3.8) is 0 Å². The van der Waals surface area contributed by atoms with Crippen LogP contribution in [0.1, 0.15) is 49.9 Å². The summed E-state index contributed by atoms with van der Waals surface area (Å²) >= 11 is 0. The molecule has 1 aromatic rings. The fourth-order valence-electron chi connectivity index (χ4n) is 5.57. The van der Waals surface area contributed by atoms with E-state index in [1.54, 1.807) is 25.3 Å². The Morgan fingerprint density at radius 2 is 2.08 bits per heavy atom. The summed E-state index contributed by atoms with van der Waals surface area (Å²) in [5, 5.41) is 0. The normalized spacial score (nSPS) is 33.3. The van der Waals surface area contributed by atoms with E-state index in [0.29, 0.717) is 18.0 Å². The van der Waals surface area contributed by atoms with E-state index < -0.39 is 0 Å². The van der Waals surface area contributed by atoms with E-state index in [1.807, 2.05) is 4.90 Å². The van der Waals surface area contributed by atoms with E-state index in [9.17, 15) is 9.59 Å². The van der Waals surface area contributed by atoms with E-state index in [0.717, 1.165) is 25.7 Å². The molecular formula is C19H25N3O3. The van der Waals surface area contributed by atoms with Crippen LogP contribution in [-0.2, 0) is 4.79 Å². The van der Waals surface area contributed by atoms with E-state index in [4.69, 9.17) is 4.74 Å². The predicted octanol–water partition coefficient (Wildman–Crippen LogP) is 2.09. The summed E-state index contributed by atoms with van der Waals surface area (Å²) in [7, 11) is 1.54. The zero-order valence-corrected chi connectivity index (χ0v) is 15.1. The molecule has 3 heterocycles. The van der Waals surface area contributed by atoms with Crippen LogP contribution in [-0.4, -0.2) is 58.4 Å². The summed E-state index contributed by atoms with van der Waals surface area (Å²) in [6.07, 6.45) is 5.72. The van der Waals surface area contributed by atoms with E-state index in [2.05, 4.69) is 16.8 Å². The van der Waals surface area contributed by atoms with Crippen LogP contribution in [0.2, 0.25) is 0 Å². The number of rotatable bonds is 2. The molecule has 2 saturated heterocycles. The molecule has 0 radical (unpaired) electrons. The number of hydrogen-bond acceptors (Lipinski definition) is 4. The molecular weight excluding hydrogens is 318 g/mol. The molecule has 0 spiro atoms. The lowest BCUT2D eigenvalue weighted by molar-refractivity contribution is -0.132. The Morgan fingerprint density at radius 3 is 2.80 bits per heavy atom. The molecule has 3 fully saturated rings. The molecule has 134 valence electrons. The lowest BCUT2D eigenvalue weighted by Gasteiger charge is -2.49. The SMILES string of the molecule is COc1ncccc1C(=O)N1C[C@@H]2C[C@@]3(C)[C@H](CCC[C@@H]13)N2C(C)=O. The van der Waals surface area contributed by atoms with Gasteiger partial charge in [-0.2, -0.15) is 0 Å². The van der Waals surface area contributed by atoms with Gasteiger partial charge in [-0.3, -0.25) is 9.59 Å². The highest BCUT2D eigenvalue weighted by Gasteiger charge is 2.61. The minimum atomic E-state index is -0.0306. The van der Waals surface area contributed by atoms with Crippen molar-refractivity contribution < 1.29 is 14.3 Å². The van der Waals surface area contributed by atoms with Gasteiger partial charge in [-0.05, 0) is 37.8 Å². The molecule has 2 amide bonds. The molecule has 2 aliphatic heterocycles. The molecule has 2 bridgehead atoms. The summed E-state index contributed by atoms with van der Waals surface area (Å²) in [4.78, 5) is 33.8. The molecule has 25 heavy (non-hydrogen) atoms. The first-order chi connectivity index (χ1) is 12.0. The maximum Gasteiger partial charge on any atom is 0.259 e. The maximum atomic E-state index is 13.3. The van der Waals surface area contributed by atoms with Gasteiger partial charge in [0.15, 0.2) is 0 Å². The predicted molar refractivity (Wildman–Crippen MR) is 92.3 cm³/mol. The van der Waals surface area contributed by atoms with Crippen LogP contribution in [0.25, 0.3) is 0 Å². The largest absolute Gasteiger partial charge is 0.480 e. The smallest absolute Gasteiger partial charge is 0.259 e. The number of piperidine rings is 1. The van der Waals surface area contributed by atoms with Gasteiger partial charge in [0.1, 0.15) is 5.56 Å². The van der Waals surface area contributed by atoms with Gasteiger partial charge in [0, 0.05) is 37.2 Å². The van der Waals surface area contributed by atoms with Crippen molar-refractivity contribution in [3.8, 4) is 5.88 Å². The highest BCUT2D eigenvalue weighted by Crippen LogP contribution is 2.54. The summed E-state index contributed by atoms with van der Waals surface area (Å²) in [6.45, 7) is 4.52. The lowest BCUT2D eigenvalue weighted by Crippen LogP contribution is -2.57. The summed E-state index contributed by atoms with van der Waals surface area (Å²) in [5.74, 6) is 0.468. The molecule has 4 atom stereocenters. The van der Waals surface area contributed by atoms with Gasteiger partial charge in [-0.15, -0.1) is 0 Å². The number of pyridine rings is 1. The van der Waals surface area contributed by atoms with Gasteiger partial charge in [0.25, 0.3) is 5.91 Å². The molecule has 1 saturated carbocycles. The standard InChI is InChI=1S/C19H25N3O3/c1-12(23)22-13-10-19(2)15(7-4-8-16(19)22)21(11-13)18(24)14-6-5-9-20-17(14)25-3/h5-6,9,13,15-16H,4,7-8,10-11H2,1-3H3/t13-,15+,16-,19+/m0/s1. The molecule has 6 heteroatoms. The molecule has 0 unspecified atom stereocenters. The quantitative estimate of drug-likeness (QED) is 0.825. The number of likely N-dealkylation sites (tertiary alicyclic amines) is 2. The zero-order chi connectivity index (χ0) is 17.8. The Kier molecular flexibility index (Phi) is 3.74. The molecule has 0 N–H and O–H groups in total. The number of amides is 2. The lowest BCUT2D eigenvalue weighted by atomic mass is 9.65. The Bertz CT molecular complexity index is 722. The van der Waals surface area contributed by atoms with Crippen LogP contribution in [0.3, 0.4) is 0 Å².